The van der Waals surface area contributed by atoms with E-state index in [1.165, 1.54) is 17.8 Å². The molecule has 0 bridgehead atoms. The fourth-order valence-electron chi connectivity index (χ4n) is 1.57. The molecule has 86 valence electrons. The third-order valence-corrected chi connectivity index (χ3v) is 3.20. The largest absolute Gasteiger partial charge is 0.416 e. The third-order valence-electron chi connectivity index (χ3n) is 2.26. The highest BCUT2D eigenvalue weighted by Crippen LogP contribution is 2.36. The van der Waals surface area contributed by atoms with Crippen LogP contribution in [-0.2, 0) is 6.18 Å². The number of nitrogens with one attached hydrogen (secondary N) is 1. The van der Waals surface area contributed by atoms with Crippen LogP contribution in [0.1, 0.15) is 12.5 Å². The van der Waals surface area contributed by atoms with Crippen molar-refractivity contribution in [1.82, 2.24) is 4.98 Å². The van der Waals surface area contributed by atoms with Gasteiger partial charge in [-0.1, -0.05) is 6.92 Å². The van der Waals surface area contributed by atoms with Crippen LogP contribution in [0.3, 0.4) is 0 Å². The van der Waals surface area contributed by atoms with Gasteiger partial charge in [-0.15, -0.1) is 11.8 Å². The van der Waals surface area contributed by atoms with Crippen molar-refractivity contribution in [2.75, 3.05) is 5.75 Å². The molecule has 0 radical (unpaired) electrons. The highest BCUT2D eigenvalue weighted by atomic mass is 32.2. The van der Waals surface area contributed by atoms with E-state index in [-0.39, 0.29) is 0 Å². The molecule has 0 aliphatic carbocycles. The van der Waals surface area contributed by atoms with Gasteiger partial charge in [0.25, 0.3) is 0 Å². The minimum Gasteiger partial charge on any atom is -0.361 e. The van der Waals surface area contributed by atoms with Crippen LogP contribution in [0, 0.1) is 0 Å². The zero-order valence-corrected chi connectivity index (χ0v) is 9.38. The number of hydrogen-bond acceptors (Lipinski definition) is 1. The second-order valence-corrected chi connectivity index (χ2v) is 4.65. The molecule has 0 amide bonds. The van der Waals surface area contributed by atoms with Crippen molar-refractivity contribution in [3.05, 3.63) is 30.0 Å². The molecule has 2 rings (SSSR count). The Balaban J connectivity index is 2.61. The van der Waals surface area contributed by atoms with Crippen LogP contribution in [0.5, 0.6) is 0 Å². The van der Waals surface area contributed by atoms with Crippen LogP contribution >= 0.6 is 11.8 Å². The molecule has 0 atom stereocenters. The van der Waals surface area contributed by atoms with Crippen molar-refractivity contribution in [1.29, 1.82) is 0 Å². The molecule has 1 N–H and O–H groups in total. The molecule has 1 aromatic heterocycles. The molecular formula is C11H10F3NS. The van der Waals surface area contributed by atoms with Crippen LogP contribution < -0.4 is 0 Å². The summed E-state index contributed by atoms with van der Waals surface area (Å²) in [5.74, 6) is 0.752. The highest BCUT2D eigenvalue weighted by molar-refractivity contribution is 7.99. The van der Waals surface area contributed by atoms with Crippen LogP contribution in [0.4, 0.5) is 13.2 Å². The fraction of sp³-hybridized carbons (Fsp3) is 0.273. The van der Waals surface area contributed by atoms with Crippen LogP contribution in [0.2, 0.25) is 0 Å². The molecule has 0 unspecified atom stereocenters. The van der Waals surface area contributed by atoms with Gasteiger partial charge in [-0.3, -0.25) is 0 Å². The number of H-pyrrole nitrogens is 1. The number of fused-ring (bicyclic) bond motifs is 1. The van der Waals surface area contributed by atoms with E-state index in [4.69, 9.17) is 0 Å². The van der Waals surface area contributed by atoms with Crippen molar-refractivity contribution >= 4 is 22.7 Å². The van der Waals surface area contributed by atoms with Gasteiger partial charge in [-0.05, 0) is 24.0 Å². The Labute approximate surface area is 95.0 Å². The van der Waals surface area contributed by atoms with E-state index >= 15 is 0 Å². The van der Waals surface area contributed by atoms with E-state index in [1.54, 1.807) is 12.3 Å². The summed E-state index contributed by atoms with van der Waals surface area (Å²) in [5, 5.41) is 0.847. The molecule has 0 aliphatic heterocycles. The quantitative estimate of drug-likeness (QED) is 0.780. The molecule has 1 aromatic carbocycles. The number of halogens is 3. The van der Waals surface area contributed by atoms with E-state index in [0.29, 0.717) is 10.4 Å². The van der Waals surface area contributed by atoms with E-state index in [9.17, 15) is 13.2 Å². The highest BCUT2D eigenvalue weighted by Gasteiger charge is 2.31. The Morgan fingerprint density at radius 3 is 2.69 bits per heavy atom. The summed E-state index contributed by atoms with van der Waals surface area (Å²) in [6.45, 7) is 1.92. The Hall–Kier alpha value is -1.10. The molecule has 0 spiro atoms. The Kier molecular flexibility index (Phi) is 2.88. The lowest BCUT2D eigenvalue weighted by Gasteiger charge is -2.09. The van der Waals surface area contributed by atoms with Gasteiger partial charge in [0.15, 0.2) is 0 Å². The summed E-state index contributed by atoms with van der Waals surface area (Å²) in [6.07, 6.45) is -2.63. The average molecular weight is 245 g/mol. The average Bonchev–Trinajstić information content (AvgIpc) is 2.64. The molecule has 0 fully saturated rings. The topological polar surface area (TPSA) is 15.8 Å². The van der Waals surface area contributed by atoms with Gasteiger partial charge in [0.2, 0.25) is 0 Å². The Morgan fingerprint density at radius 2 is 2.06 bits per heavy atom. The standard InChI is InChI=1S/C11H10F3NS/c1-2-16-10-6-7(11(12,13)14)5-9-8(10)3-4-15-9/h3-6,15H,2H2,1H3. The maximum absolute atomic E-state index is 12.6. The summed E-state index contributed by atoms with van der Waals surface area (Å²) >= 11 is 1.42. The van der Waals surface area contributed by atoms with E-state index in [0.717, 1.165) is 17.2 Å². The lowest BCUT2D eigenvalue weighted by atomic mass is 10.1. The van der Waals surface area contributed by atoms with Crippen LogP contribution in [-0.4, -0.2) is 10.7 Å². The minimum atomic E-state index is -4.29. The zero-order chi connectivity index (χ0) is 11.8. The SMILES string of the molecule is CCSc1cc(C(F)(F)F)cc2[nH]ccc12. The summed E-state index contributed by atoms with van der Waals surface area (Å²) < 4.78 is 37.9. The van der Waals surface area contributed by atoms with Gasteiger partial charge in [0.05, 0.1) is 5.56 Å². The fourth-order valence-corrected chi connectivity index (χ4v) is 2.43. The van der Waals surface area contributed by atoms with Crippen molar-refractivity contribution < 1.29 is 13.2 Å². The Morgan fingerprint density at radius 1 is 1.31 bits per heavy atom. The summed E-state index contributed by atoms with van der Waals surface area (Å²) in [5.41, 5.74) is -0.0656. The molecule has 0 saturated carbocycles. The molecule has 5 heteroatoms. The van der Waals surface area contributed by atoms with Crippen molar-refractivity contribution in [2.45, 2.75) is 18.0 Å². The van der Waals surface area contributed by atoms with Crippen LogP contribution in [0.15, 0.2) is 29.3 Å². The number of aromatic nitrogens is 1. The first-order chi connectivity index (χ1) is 7.52. The van der Waals surface area contributed by atoms with Crippen LogP contribution in [0.25, 0.3) is 10.9 Å². The first-order valence-electron chi connectivity index (χ1n) is 4.83. The number of hydrogen-bond donors (Lipinski definition) is 1. The lowest BCUT2D eigenvalue weighted by Crippen LogP contribution is -2.04. The number of thioether (sulfide) groups is 1. The molecule has 1 heterocycles. The van der Waals surface area contributed by atoms with Gasteiger partial charge in [0.1, 0.15) is 0 Å². The van der Waals surface area contributed by atoms with Gasteiger partial charge < -0.3 is 4.98 Å². The maximum Gasteiger partial charge on any atom is 0.416 e. The van der Waals surface area contributed by atoms with E-state index < -0.39 is 11.7 Å². The number of alkyl halides is 3. The van der Waals surface area contributed by atoms with Gasteiger partial charge >= 0.3 is 6.18 Å². The molecule has 0 saturated heterocycles. The van der Waals surface area contributed by atoms with Crippen molar-refractivity contribution in [2.24, 2.45) is 0 Å². The summed E-state index contributed by atoms with van der Waals surface area (Å²) in [7, 11) is 0. The first-order valence-corrected chi connectivity index (χ1v) is 5.82. The monoisotopic (exact) mass is 245 g/mol. The predicted molar refractivity (Wildman–Crippen MR) is 59.7 cm³/mol. The molecule has 16 heavy (non-hydrogen) atoms. The summed E-state index contributed by atoms with van der Waals surface area (Å²) in [4.78, 5) is 3.49. The van der Waals surface area contributed by atoms with E-state index in [2.05, 4.69) is 4.98 Å². The number of aromatic amines is 1. The normalized spacial score (nSPS) is 12.2. The lowest BCUT2D eigenvalue weighted by molar-refractivity contribution is -0.137. The minimum absolute atomic E-state index is 0.533. The smallest absolute Gasteiger partial charge is 0.361 e. The number of rotatable bonds is 2. The third kappa shape index (κ3) is 2.04. The second-order valence-electron chi connectivity index (χ2n) is 3.34. The van der Waals surface area contributed by atoms with Gasteiger partial charge in [-0.25, -0.2) is 0 Å². The first kappa shape index (κ1) is 11.4. The second kappa shape index (κ2) is 4.05. The maximum atomic E-state index is 12.6. The molecule has 0 aliphatic rings. The van der Waals surface area contributed by atoms with Gasteiger partial charge in [0, 0.05) is 22.0 Å². The zero-order valence-electron chi connectivity index (χ0n) is 8.56. The van der Waals surface area contributed by atoms with Gasteiger partial charge in [-0.2, -0.15) is 13.2 Å². The van der Waals surface area contributed by atoms with E-state index in [1.807, 2.05) is 6.92 Å². The molecule has 2 aromatic rings. The molecule has 1 nitrogen and oxygen atoms in total. The number of benzene rings is 1. The Bertz CT molecular complexity index is 501. The van der Waals surface area contributed by atoms with Crippen molar-refractivity contribution in [3.8, 4) is 0 Å². The summed E-state index contributed by atoms with van der Waals surface area (Å²) in [6, 6.07) is 4.16. The van der Waals surface area contributed by atoms with Crippen molar-refractivity contribution in [3.63, 3.8) is 0 Å². The molecular weight excluding hydrogens is 235 g/mol. The predicted octanol–water partition coefficient (Wildman–Crippen LogP) is 4.30.